The molecule has 3 heterocycles. The molecule has 1 atom stereocenters. The number of nitrogens with one attached hydrogen (secondary N) is 1. The van der Waals surface area contributed by atoms with Crippen LogP contribution in [0.3, 0.4) is 0 Å². The molecule has 7 nitrogen and oxygen atoms in total. The largest absolute Gasteiger partial charge is 0.372 e. The van der Waals surface area contributed by atoms with Gasteiger partial charge in [-0.2, -0.15) is 0 Å². The fourth-order valence-electron chi connectivity index (χ4n) is 2.77. The van der Waals surface area contributed by atoms with Crippen LogP contribution in [0.5, 0.6) is 0 Å². The molecule has 0 aliphatic carbocycles. The Labute approximate surface area is 141 Å². The van der Waals surface area contributed by atoms with Crippen LogP contribution in [0.15, 0.2) is 36.9 Å². The molecule has 1 amide bonds. The standard InChI is InChI=1S/C17H21N5O2/c1-18-17-16(20-7-8-21-17)14-12-22(9-10-24-14)15(23)5-4-13-3-2-6-19-11-13/h2-3,6-8,11,14H,4-5,9-10,12H2,1H3,(H,18,21). The Balaban J connectivity index is 1.61. The molecule has 0 spiro atoms. The van der Waals surface area contributed by atoms with Crippen LogP contribution in [0.1, 0.15) is 23.8 Å². The van der Waals surface area contributed by atoms with E-state index in [-0.39, 0.29) is 12.0 Å². The van der Waals surface area contributed by atoms with Crippen molar-refractivity contribution in [3.8, 4) is 0 Å². The van der Waals surface area contributed by atoms with E-state index in [0.29, 0.717) is 38.4 Å². The van der Waals surface area contributed by atoms with Crippen LogP contribution in [0.25, 0.3) is 0 Å². The van der Waals surface area contributed by atoms with E-state index >= 15 is 0 Å². The van der Waals surface area contributed by atoms with Crippen LogP contribution in [-0.2, 0) is 16.0 Å². The molecule has 0 saturated carbocycles. The highest BCUT2D eigenvalue weighted by Crippen LogP contribution is 2.25. The van der Waals surface area contributed by atoms with E-state index in [0.717, 1.165) is 11.3 Å². The highest BCUT2D eigenvalue weighted by atomic mass is 16.5. The summed E-state index contributed by atoms with van der Waals surface area (Å²) in [6.45, 7) is 1.61. The molecule has 1 aliphatic heterocycles. The Morgan fingerprint density at radius 3 is 3.04 bits per heavy atom. The molecule has 0 aromatic carbocycles. The molecule has 24 heavy (non-hydrogen) atoms. The second-order valence-corrected chi connectivity index (χ2v) is 5.60. The van der Waals surface area contributed by atoms with Crippen LogP contribution >= 0.6 is 0 Å². The summed E-state index contributed by atoms with van der Waals surface area (Å²) in [6, 6.07) is 3.87. The second-order valence-electron chi connectivity index (χ2n) is 5.60. The molecule has 1 aliphatic rings. The van der Waals surface area contributed by atoms with E-state index < -0.39 is 0 Å². The Kier molecular flexibility index (Phi) is 5.32. The van der Waals surface area contributed by atoms with Gasteiger partial charge in [-0.25, -0.2) is 4.98 Å². The van der Waals surface area contributed by atoms with E-state index in [4.69, 9.17) is 4.74 Å². The first-order chi connectivity index (χ1) is 11.8. The molecular weight excluding hydrogens is 306 g/mol. The van der Waals surface area contributed by atoms with Crippen molar-refractivity contribution in [2.75, 3.05) is 32.1 Å². The van der Waals surface area contributed by atoms with Crippen molar-refractivity contribution in [3.63, 3.8) is 0 Å². The van der Waals surface area contributed by atoms with E-state index in [1.807, 2.05) is 17.0 Å². The van der Waals surface area contributed by atoms with Crippen molar-refractivity contribution >= 4 is 11.7 Å². The molecule has 2 aromatic rings. The number of hydrogen-bond acceptors (Lipinski definition) is 6. The Hall–Kier alpha value is -2.54. The van der Waals surface area contributed by atoms with Crippen LogP contribution < -0.4 is 5.32 Å². The normalized spacial score (nSPS) is 17.5. The highest BCUT2D eigenvalue weighted by molar-refractivity contribution is 5.76. The SMILES string of the molecule is CNc1nccnc1C1CN(C(=O)CCc2cccnc2)CCO1. The van der Waals surface area contributed by atoms with E-state index in [9.17, 15) is 4.79 Å². The fourth-order valence-corrected chi connectivity index (χ4v) is 2.77. The average molecular weight is 327 g/mol. The molecule has 1 saturated heterocycles. The van der Waals surface area contributed by atoms with E-state index in [2.05, 4.69) is 20.3 Å². The third kappa shape index (κ3) is 3.86. The number of morpholine rings is 1. The number of anilines is 1. The van der Waals surface area contributed by atoms with Crippen molar-refractivity contribution in [1.82, 2.24) is 19.9 Å². The highest BCUT2D eigenvalue weighted by Gasteiger charge is 2.28. The van der Waals surface area contributed by atoms with Crippen LogP contribution in [0, 0.1) is 0 Å². The smallest absolute Gasteiger partial charge is 0.223 e. The molecule has 0 radical (unpaired) electrons. The zero-order chi connectivity index (χ0) is 16.8. The van der Waals surface area contributed by atoms with Crippen LogP contribution in [0.2, 0.25) is 0 Å². The Bertz CT molecular complexity index is 680. The number of pyridine rings is 1. The van der Waals surface area contributed by atoms with Gasteiger partial charge in [0.1, 0.15) is 17.6 Å². The number of nitrogens with zero attached hydrogens (tertiary/aromatic N) is 4. The lowest BCUT2D eigenvalue weighted by atomic mass is 10.1. The lowest BCUT2D eigenvalue weighted by Gasteiger charge is -2.33. The van der Waals surface area contributed by atoms with Crippen molar-refractivity contribution in [3.05, 3.63) is 48.2 Å². The van der Waals surface area contributed by atoms with Crippen molar-refractivity contribution in [2.24, 2.45) is 0 Å². The predicted molar refractivity (Wildman–Crippen MR) is 89.4 cm³/mol. The molecule has 1 N–H and O–H groups in total. The molecule has 3 rings (SSSR count). The number of carbonyl (C=O) groups excluding carboxylic acids is 1. The summed E-state index contributed by atoms with van der Waals surface area (Å²) < 4.78 is 5.80. The maximum atomic E-state index is 12.5. The molecular formula is C17H21N5O2. The zero-order valence-electron chi connectivity index (χ0n) is 13.7. The van der Waals surface area contributed by atoms with Gasteiger partial charge in [-0.15, -0.1) is 0 Å². The third-order valence-electron chi connectivity index (χ3n) is 4.04. The van der Waals surface area contributed by atoms with Crippen LogP contribution in [-0.4, -0.2) is 52.5 Å². The molecule has 7 heteroatoms. The first-order valence-corrected chi connectivity index (χ1v) is 8.05. The molecule has 1 fully saturated rings. The summed E-state index contributed by atoms with van der Waals surface area (Å²) in [5.74, 6) is 0.814. The molecule has 0 bridgehead atoms. The number of hydrogen-bond donors (Lipinski definition) is 1. The first kappa shape index (κ1) is 16.3. The van der Waals surface area contributed by atoms with Gasteiger partial charge in [-0.3, -0.25) is 14.8 Å². The van der Waals surface area contributed by atoms with Crippen molar-refractivity contribution < 1.29 is 9.53 Å². The first-order valence-electron chi connectivity index (χ1n) is 8.05. The lowest BCUT2D eigenvalue weighted by Crippen LogP contribution is -2.42. The zero-order valence-corrected chi connectivity index (χ0v) is 13.7. The number of aryl methyl sites for hydroxylation is 1. The second kappa shape index (κ2) is 7.83. The minimum absolute atomic E-state index is 0.127. The number of rotatable bonds is 5. The van der Waals surface area contributed by atoms with Gasteiger partial charge in [0.15, 0.2) is 0 Å². The van der Waals surface area contributed by atoms with Crippen molar-refractivity contribution in [1.29, 1.82) is 0 Å². The Morgan fingerprint density at radius 1 is 1.38 bits per heavy atom. The predicted octanol–water partition coefficient (Wildman–Crippen LogP) is 1.45. The summed E-state index contributed by atoms with van der Waals surface area (Å²) >= 11 is 0. The number of ether oxygens (including phenoxy) is 1. The summed E-state index contributed by atoms with van der Waals surface area (Å²) in [5.41, 5.74) is 1.81. The van der Waals surface area contributed by atoms with Crippen LogP contribution in [0.4, 0.5) is 5.82 Å². The van der Waals surface area contributed by atoms with Gasteiger partial charge in [0.25, 0.3) is 0 Å². The number of carbonyl (C=O) groups is 1. The van der Waals surface area contributed by atoms with Gasteiger partial charge < -0.3 is 15.0 Å². The molecule has 1 unspecified atom stereocenters. The minimum atomic E-state index is -0.253. The lowest BCUT2D eigenvalue weighted by molar-refractivity contribution is -0.139. The number of aromatic nitrogens is 3. The third-order valence-corrected chi connectivity index (χ3v) is 4.04. The quantitative estimate of drug-likeness (QED) is 0.895. The topological polar surface area (TPSA) is 80.2 Å². The molecule has 2 aromatic heterocycles. The summed E-state index contributed by atoms with van der Waals surface area (Å²) in [4.78, 5) is 27.0. The monoisotopic (exact) mass is 327 g/mol. The van der Waals surface area contributed by atoms with Gasteiger partial charge >= 0.3 is 0 Å². The Morgan fingerprint density at radius 2 is 2.25 bits per heavy atom. The van der Waals surface area contributed by atoms with Gasteiger partial charge in [-0.05, 0) is 18.1 Å². The van der Waals surface area contributed by atoms with Gasteiger partial charge in [0.05, 0.1) is 13.2 Å². The summed E-state index contributed by atoms with van der Waals surface area (Å²) in [5, 5.41) is 3.02. The van der Waals surface area contributed by atoms with E-state index in [1.165, 1.54) is 0 Å². The fraction of sp³-hybridized carbons (Fsp3) is 0.412. The number of amides is 1. The van der Waals surface area contributed by atoms with Crippen molar-refractivity contribution in [2.45, 2.75) is 18.9 Å². The van der Waals surface area contributed by atoms with E-state index in [1.54, 1.807) is 31.8 Å². The summed E-state index contributed by atoms with van der Waals surface area (Å²) in [7, 11) is 1.80. The molecule has 126 valence electrons. The average Bonchev–Trinajstić information content (AvgIpc) is 2.67. The maximum Gasteiger partial charge on any atom is 0.223 e. The summed E-state index contributed by atoms with van der Waals surface area (Å²) in [6.07, 6.45) is 7.72. The van der Waals surface area contributed by atoms with Gasteiger partial charge in [0, 0.05) is 44.8 Å². The minimum Gasteiger partial charge on any atom is -0.372 e. The van der Waals surface area contributed by atoms with Gasteiger partial charge in [-0.1, -0.05) is 6.07 Å². The maximum absolute atomic E-state index is 12.5. The van der Waals surface area contributed by atoms with Gasteiger partial charge in [0.2, 0.25) is 5.91 Å².